The second-order valence-corrected chi connectivity index (χ2v) is 9.82. The zero-order chi connectivity index (χ0) is 30.8. The summed E-state index contributed by atoms with van der Waals surface area (Å²) in [6.45, 7) is -0.678. The van der Waals surface area contributed by atoms with Crippen molar-refractivity contribution < 1.29 is 17.9 Å². The van der Waals surface area contributed by atoms with Gasteiger partial charge in [0.05, 0.1) is 24.4 Å². The molecule has 5 rings (SSSR count). The zero-order valence-electron chi connectivity index (χ0n) is 22.9. The third-order valence-electron chi connectivity index (χ3n) is 6.40. The maximum absolute atomic E-state index is 11.5. The highest BCUT2D eigenvalue weighted by molar-refractivity contribution is 6.32. The second kappa shape index (κ2) is 14.5. The number of nitrogens with zero attached hydrogens (tertiary/aromatic N) is 4. The predicted molar refractivity (Wildman–Crippen MR) is 161 cm³/mol. The summed E-state index contributed by atoms with van der Waals surface area (Å²) in [5.74, 6) is 1.64. The van der Waals surface area contributed by atoms with Crippen LogP contribution < -0.4 is 26.8 Å². The number of aromatic nitrogens is 3. The van der Waals surface area contributed by atoms with Crippen molar-refractivity contribution in [3.05, 3.63) is 100 Å². The number of anilines is 2. The van der Waals surface area contributed by atoms with E-state index in [-0.39, 0.29) is 5.92 Å². The van der Waals surface area contributed by atoms with Crippen LogP contribution in [0.5, 0.6) is 11.5 Å². The summed E-state index contributed by atoms with van der Waals surface area (Å²) < 4.78 is 39.5. The fraction of sp³-hybridized carbons (Fsp3) is 0.241. The Morgan fingerprint density at radius 1 is 1.16 bits per heavy atom. The van der Waals surface area contributed by atoms with Crippen molar-refractivity contribution >= 4 is 34.3 Å². The molecule has 6 N–H and O–H groups in total. The number of rotatable bonds is 8. The molecule has 0 aliphatic heterocycles. The number of fused-ring (bicyclic) bond motifs is 1. The molecule has 43 heavy (non-hydrogen) atoms. The molecule has 226 valence electrons. The van der Waals surface area contributed by atoms with Gasteiger partial charge in [-0.2, -0.15) is 18.3 Å². The second-order valence-electron chi connectivity index (χ2n) is 9.41. The molecule has 2 aromatic carbocycles. The average molecular weight is 615 g/mol. The van der Waals surface area contributed by atoms with Crippen molar-refractivity contribution in [1.29, 1.82) is 0 Å². The van der Waals surface area contributed by atoms with Gasteiger partial charge in [0.1, 0.15) is 29.0 Å². The van der Waals surface area contributed by atoms with Gasteiger partial charge in [-0.1, -0.05) is 48.0 Å². The molecule has 0 bridgehead atoms. The molecule has 10 nitrogen and oxygen atoms in total. The molecule has 4 aromatic rings. The summed E-state index contributed by atoms with van der Waals surface area (Å²) in [5.41, 5.74) is 14.1. The number of nitroso groups, excluding NO2 is 1. The monoisotopic (exact) mass is 614 g/mol. The first-order valence-corrected chi connectivity index (χ1v) is 13.6. The third-order valence-corrected chi connectivity index (χ3v) is 6.71. The van der Waals surface area contributed by atoms with Gasteiger partial charge < -0.3 is 26.8 Å². The number of halogens is 4. The summed E-state index contributed by atoms with van der Waals surface area (Å²) in [4.78, 5) is 15.6. The van der Waals surface area contributed by atoms with Gasteiger partial charge in [0.2, 0.25) is 0 Å². The lowest BCUT2D eigenvalue weighted by Crippen LogP contribution is -2.21. The summed E-state index contributed by atoms with van der Waals surface area (Å²) in [6.07, 6.45) is 7.52. The van der Waals surface area contributed by atoms with E-state index in [2.05, 4.69) is 49.9 Å². The number of nitrogens with one attached hydrogen (secondary N) is 2. The van der Waals surface area contributed by atoms with E-state index in [1.165, 1.54) is 6.33 Å². The number of nitrogens with two attached hydrogens (primary N) is 2. The van der Waals surface area contributed by atoms with E-state index >= 15 is 0 Å². The Labute approximate surface area is 250 Å². The minimum Gasteiger partial charge on any atom is -0.456 e. The fourth-order valence-corrected chi connectivity index (χ4v) is 4.60. The first kappa shape index (κ1) is 31.3. The summed E-state index contributed by atoms with van der Waals surface area (Å²) >= 11 is 6.20. The van der Waals surface area contributed by atoms with E-state index in [0.29, 0.717) is 40.2 Å². The molecule has 14 heteroatoms. The number of nitrogen functional groups attached to an aromatic ring is 1. The lowest BCUT2D eigenvalue weighted by atomic mass is 9.91. The van der Waals surface area contributed by atoms with Crippen LogP contribution in [0.1, 0.15) is 30.7 Å². The number of alkyl halides is 3. The minimum absolute atomic E-state index is 0.0113. The van der Waals surface area contributed by atoms with Crippen LogP contribution >= 0.6 is 11.6 Å². The molecule has 0 spiro atoms. The van der Waals surface area contributed by atoms with Gasteiger partial charge in [0, 0.05) is 35.4 Å². The summed E-state index contributed by atoms with van der Waals surface area (Å²) in [7, 11) is 0. The van der Waals surface area contributed by atoms with Crippen molar-refractivity contribution in [2.45, 2.75) is 31.4 Å². The average Bonchev–Trinajstić information content (AvgIpc) is 3.35. The molecule has 0 amide bonds. The Hall–Kier alpha value is -4.62. The Balaban J connectivity index is 0.000000641. The standard InChI is InChI=1S/C27H26ClN7O2.C2H4F3N/c28-22-12-1-2-13-24(22)37-21-11-5-10-20(14-21)31-16-30-19-8-3-6-18(7-4-9-19)25-23(34-36)15-35-26(25)27(29)32-17-33-35;3-2(4,5)1-6/h1-3,5-6,9-15,17-18,30-31H,4,7-8,16H2,(H2,29,32,33);1,6H2/b6-3-,19-9+;. The van der Waals surface area contributed by atoms with Gasteiger partial charge in [-0.05, 0) is 42.3 Å². The Bertz CT molecular complexity index is 1610. The quantitative estimate of drug-likeness (QED) is 0.0940. The first-order valence-electron chi connectivity index (χ1n) is 13.3. The van der Waals surface area contributed by atoms with Crippen LogP contribution in [0.4, 0.5) is 30.4 Å². The SMILES string of the molecule is NCC(F)(F)F.Nc1ncnn2cc(N=O)c(C3/C=C\C/C(NCNc4cccc(Oc5ccccc5Cl)c4)=C\CC3)c12. The van der Waals surface area contributed by atoms with E-state index in [9.17, 15) is 18.1 Å². The van der Waals surface area contributed by atoms with Gasteiger partial charge in [-0.15, -0.1) is 4.91 Å². The van der Waals surface area contributed by atoms with Crippen molar-refractivity contribution in [2.24, 2.45) is 10.9 Å². The van der Waals surface area contributed by atoms with Crippen molar-refractivity contribution in [3.8, 4) is 11.5 Å². The van der Waals surface area contributed by atoms with Crippen LogP contribution in [0.15, 0.2) is 90.2 Å². The molecule has 0 saturated carbocycles. The van der Waals surface area contributed by atoms with Crippen LogP contribution in [0.25, 0.3) is 5.52 Å². The van der Waals surface area contributed by atoms with Crippen molar-refractivity contribution in [2.75, 3.05) is 24.3 Å². The molecular formula is C29H30ClF3N8O2. The molecule has 2 heterocycles. The van der Waals surface area contributed by atoms with Gasteiger partial charge in [-0.3, -0.25) is 0 Å². The Kier molecular flexibility index (Phi) is 10.6. The Morgan fingerprint density at radius 2 is 1.95 bits per heavy atom. The molecule has 1 atom stereocenters. The smallest absolute Gasteiger partial charge is 0.400 e. The number of hydrogen-bond donors (Lipinski definition) is 4. The normalized spacial score (nSPS) is 17.0. The Morgan fingerprint density at radius 3 is 2.70 bits per heavy atom. The highest BCUT2D eigenvalue weighted by atomic mass is 35.5. The van der Waals surface area contributed by atoms with Gasteiger partial charge >= 0.3 is 6.18 Å². The molecule has 1 unspecified atom stereocenters. The van der Waals surface area contributed by atoms with E-state index < -0.39 is 12.7 Å². The maximum atomic E-state index is 11.5. The maximum Gasteiger partial charge on any atom is 0.400 e. The number of benzene rings is 2. The van der Waals surface area contributed by atoms with Crippen LogP contribution in [0.3, 0.4) is 0 Å². The van der Waals surface area contributed by atoms with Crippen LogP contribution in [0, 0.1) is 4.91 Å². The number of ether oxygens (including phenoxy) is 1. The lowest BCUT2D eigenvalue weighted by Gasteiger charge is -2.17. The van der Waals surface area contributed by atoms with Gasteiger partial charge in [0.25, 0.3) is 0 Å². The zero-order valence-corrected chi connectivity index (χ0v) is 23.6. The summed E-state index contributed by atoms with van der Waals surface area (Å²) in [6, 6.07) is 15.1. The third kappa shape index (κ3) is 8.69. The highest BCUT2D eigenvalue weighted by Gasteiger charge is 2.24. The van der Waals surface area contributed by atoms with Crippen LogP contribution in [-0.2, 0) is 0 Å². The van der Waals surface area contributed by atoms with E-state index in [0.717, 1.165) is 36.2 Å². The number of para-hydroxylation sites is 1. The molecular weight excluding hydrogens is 585 g/mol. The van der Waals surface area contributed by atoms with E-state index in [1.807, 2.05) is 42.5 Å². The van der Waals surface area contributed by atoms with Gasteiger partial charge in [0.15, 0.2) is 5.82 Å². The van der Waals surface area contributed by atoms with Gasteiger partial charge in [-0.25, -0.2) is 9.50 Å². The molecule has 1 aliphatic carbocycles. The lowest BCUT2D eigenvalue weighted by molar-refractivity contribution is -0.118. The number of allylic oxidation sites excluding steroid dienone is 3. The molecule has 0 radical (unpaired) electrons. The van der Waals surface area contributed by atoms with Crippen LogP contribution in [0.2, 0.25) is 5.02 Å². The number of hydrogen-bond acceptors (Lipinski definition) is 9. The predicted octanol–water partition coefficient (Wildman–Crippen LogP) is 7.03. The first-order chi connectivity index (χ1) is 20.7. The van der Waals surface area contributed by atoms with Crippen molar-refractivity contribution in [3.63, 3.8) is 0 Å². The van der Waals surface area contributed by atoms with Crippen LogP contribution in [-0.4, -0.2) is 34.0 Å². The molecule has 0 fully saturated rings. The molecule has 0 saturated heterocycles. The largest absolute Gasteiger partial charge is 0.456 e. The molecule has 1 aliphatic rings. The minimum atomic E-state index is -4.18. The van der Waals surface area contributed by atoms with Crippen molar-refractivity contribution in [1.82, 2.24) is 19.9 Å². The fourth-order valence-electron chi connectivity index (χ4n) is 4.43. The highest BCUT2D eigenvalue weighted by Crippen LogP contribution is 2.38. The van der Waals surface area contributed by atoms with E-state index in [1.54, 1.807) is 16.8 Å². The van der Waals surface area contributed by atoms with E-state index in [4.69, 9.17) is 22.1 Å². The summed E-state index contributed by atoms with van der Waals surface area (Å²) in [5, 5.41) is 14.8. The molecule has 2 aromatic heterocycles. The topological polar surface area (TPSA) is 145 Å².